The summed E-state index contributed by atoms with van der Waals surface area (Å²) in [6.45, 7) is 12.1. The molecule has 1 aromatic heterocycles. The Bertz CT molecular complexity index is 734. The van der Waals surface area contributed by atoms with E-state index in [4.69, 9.17) is 4.52 Å². The van der Waals surface area contributed by atoms with Gasteiger partial charge < -0.3 is 14.7 Å². The van der Waals surface area contributed by atoms with Crippen molar-refractivity contribution in [2.75, 3.05) is 39.8 Å². The fourth-order valence-corrected chi connectivity index (χ4v) is 3.83. The first-order valence-corrected chi connectivity index (χ1v) is 9.73. The molecule has 28 heavy (non-hydrogen) atoms. The number of halogens is 1. The van der Waals surface area contributed by atoms with Crippen LogP contribution in [0.2, 0.25) is 0 Å². The molecule has 154 valence electrons. The smallest absolute Gasteiger partial charge is 0.193 e. The number of hydrogen-bond donors (Lipinski definition) is 1. The van der Waals surface area contributed by atoms with Gasteiger partial charge in [0.2, 0.25) is 0 Å². The van der Waals surface area contributed by atoms with E-state index < -0.39 is 0 Å². The summed E-state index contributed by atoms with van der Waals surface area (Å²) in [7, 11) is 1.86. The van der Waals surface area contributed by atoms with Crippen LogP contribution in [0, 0.1) is 13.8 Å². The number of guanidine groups is 1. The Balaban J connectivity index is 0.00000280. The molecule has 1 atom stereocenters. The molecule has 0 aliphatic carbocycles. The highest BCUT2D eigenvalue weighted by Crippen LogP contribution is 2.22. The first kappa shape index (κ1) is 22.7. The van der Waals surface area contributed by atoms with E-state index in [9.17, 15) is 0 Å². The third kappa shape index (κ3) is 5.70. The fourth-order valence-electron chi connectivity index (χ4n) is 3.83. The van der Waals surface area contributed by atoms with E-state index in [0.717, 1.165) is 56.7 Å². The monoisotopic (exact) mass is 497 g/mol. The Morgan fingerprint density at radius 1 is 1.18 bits per heavy atom. The minimum atomic E-state index is 0. The zero-order valence-corrected chi connectivity index (χ0v) is 19.6. The first-order valence-electron chi connectivity index (χ1n) is 9.73. The lowest BCUT2D eigenvalue weighted by Gasteiger charge is -2.36. The second-order valence-corrected chi connectivity index (χ2v) is 7.32. The average molecular weight is 497 g/mol. The van der Waals surface area contributed by atoms with Crippen molar-refractivity contribution in [3.05, 3.63) is 52.9 Å². The molecule has 1 fully saturated rings. The van der Waals surface area contributed by atoms with Crippen LogP contribution < -0.4 is 5.32 Å². The number of rotatable bonds is 5. The van der Waals surface area contributed by atoms with E-state index in [-0.39, 0.29) is 24.0 Å². The van der Waals surface area contributed by atoms with Gasteiger partial charge >= 0.3 is 0 Å². The molecule has 1 unspecified atom stereocenters. The van der Waals surface area contributed by atoms with Crippen LogP contribution in [-0.4, -0.2) is 60.7 Å². The van der Waals surface area contributed by atoms with Crippen LogP contribution in [0.3, 0.4) is 0 Å². The van der Waals surface area contributed by atoms with Gasteiger partial charge in [0.1, 0.15) is 5.76 Å². The third-order valence-electron chi connectivity index (χ3n) is 5.28. The third-order valence-corrected chi connectivity index (χ3v) is 5.28. The van der Waals surface area contributed by atoms with Crippen molar-refractivity contribution >= 4 is 29.9 Å². The Morgan fingerprint density at radius 3 is 2.43 bits per heavy atom. The van der Waals surface area contributed by atoms with Crippen LogP contribution in [0.5, 0.6) is 0 Å². The van der Waals surface area contributed by atoms with Crippen molar-refractivity contribution in [3.8, 4) is 0 Å². The number of nitrogens with one attached hydrogen (secondary N) is 1. The predicted molar refractivity (Wildman–Crippen MR) is 124 cm³/mol. The lowest BCUT2D eigenvalue weighted by molar-refractivity contribution is 0.172. The predicted octanol–water partition coefficient (Wildman–Crippen LogP) is 3.41. The van der Waals surface area contributed by atoms with Crippen molar-refractivity contribution in [1.82, 2.24) is 20.3 Å². The van der Waals surface area contributed by atoms with E-state index in [0.29, 0.717) is 5.92 Å². The van der Waals surface area contributed by atoms with Crippen LogP contribution in [0.4, 0.5) is 0 Å². The molecular formula is C21H32IN5O. The number of aryl methyl sites for hydroxylation is 2. The molecule has 6 nitrogen and oxygen atoms in total. The van der Waals surface area contributed by atoms with Crippen molar-refractivity contribution in [3.63, 3.8) is 0 Å². The SMILES string of the molecule is CN=C(NCC(C)c1c(C)noc1C)N1CCN(Cc2ccccc2)CC1.I. The molecule has 1 saturated heterocycles. The number of piperazine rings is 1. The summed E-state index contributed by atoms with van der Waals surface area (Å²) in [5, 5.41) is 7.60. The summed E-state index contributed by atoms with van der Waals surface area (Å²) < 4.78 is 5.30. The van der Waals surface area contributed by atoms with E-state index in [1.54, 1.807) is 0 Å². The van der Waals surface area contributed by atoms with Gasteiger partial charge in [0.15, 0.2) is 5.96 Å². The summed E-state index contributed by atoms with van der Waals surface area (Å²) in [6.07, 6.45) is 0. The first-order chi connectivity index (χ1) is 13.1. The zero-order valence-electron chi connectivity index (χ0n) is 17.3. The molecule has 2 aromatic rings. The Kier molecular flexibility index (Phi) is 8.75. The normalized spacial score (nSPS) is 16.6. The van der Waals surface area contributed by atoms with Gasteiger partial charge in [-0.3, -0.25) is 9.89 Å². The highest BCUT2D eigenvalue weighted by Gasteiger charge is 2.21. The van der Waals surface area contributed by atoms with Gasteiger partial charge in [-0.1, -0.05) is 42.4 Å². The van der Waals surface area contributed by atoms with Gasteiger partial charge in [-0.2, -0.15) is 0 Å². The number of aliphatic imine (C=N–C) groups is 1. The molecule has 1 aliphatic heterocycles. The number of nitrogens with zero attached hydrogens (tertiary/aromatic N) is 4. The topological polar surface area (TPSA) is 56.9 Å². The number of aromatic nitrogens is 1. The van der Waals surface area contributed by atoms with Crippen molar-refractivity contribution in [2.45, 2.75) is 33.2 Å². The quantitative estimate of drug-likeness (QED) is 0.390. The maximum Gasteiger partial charge on any atom is 0.193 e. The summed E-state index contributed by atoms with van der Waals surface area (Å²) in [4.78, 5) is 9.35. The van der Waals surface area contributed by atoms with Gasteiger partial charge in [-0.25, -0.2) is 0 Å². The van der Waals surface area contributed by atoms with Gasteiger partial charge in [-0.05, 0) is 19.4 Å². The molecule has 1 N–H and O–H groups in total. The van der Waals surface area contributed by atoms with Crippen LogP contribution in [0.15, 0.2) is 39.8 Å². The maximum absolute atomic E-state index is 5.30. The van der Waals surface area contributed by atoms with Crippen molar-refractivity contribution < 1.29 is 4.52 Å². The van der Waals surface area contributed by atoms with E-state index in [2.05, 4.69) is 62.5 Å². The average Bonchev–Trinajstić information content (AvgIpc) is 3.02. The minimum absolute atomic E-state index is 0. The molecule has 0 amide bonds. The van der Waals surface area contributed by atoms with E-state index >= 15 is 0 Å². The van der Waals surface area contributed by atoms with Gasteiger partial charge in [-0.15, -0.1) is 24.0 Å². The second-order valence-electron chi connectivity index (χ2n) is 7.32. The minimum Gasteiger partial charge on any atom is -0.361 e. The summed E-state index contributed by atoms with van der Waals surface area (Å²) >= 11 is 0. The molecule has 0 saturated carbocycles. The maximum atomic E-state index is 5.30. The fraction of sp³-hybridized carbons (Fsp3) is 0.524. The molecule has 1 aliphatic rings. The lowest BCUT2D eigenvalue weighted by atomic mass is 10.00. The Hall–Kier alpha value is -1.61. The van der Waals surface area contributed by atoms with Crippen molar-refractivity contribution in [2.24, 2.45) is 4.99 Å². The summed E-state index contributed by atoms with van der Waals surface area (Å²) in [5.74, 6) is 2.21. The summed E-state index contributed by atoms with van der Waals surface area (Å²) in [5.41, 5.74) is 3.55. The van der Waals surface area contributed by atoms with Crippen LogP contribution >= 0.6 is 24.0 Å². The highest BCUT2D eigenvalue weighted by atomic mass is 127. The zero-order chi connectivity index (χ0) is 19.2. The van der Waals surface area contributed by atoms with E-state index in [1.165, 1.54) is 11.1 Å². The molecule has 7 heteroatoms. The molecule has 0 spiro atoms. The molecule has 0 bridgehead atoms. The summed E-state index contributed by atoms with van der Waals surface area (Å²) in [6, 6.07) is 10.7. The van der Waals surface area contributed by atoms with Crippen molar-refractivity contribution in [1.29, 1.82) is 0 Å². The Labute approximate surface area is 185 Å². The number of hydrogen-bond acceptors (Lipinski definition) is 4. The second kappa shape index (κ2) is 10.8. The van der Waals surface area contributed by atoms with Gasteiger partial charge in [0.05, 0.1) is 5.69 Å². The van der Waals surface area contributed by atoms with Crippen LogP contribution in [0.1, 0.15) is 35.4 Å². The van der Waals surface area contributed by atoms with Crippen LogP contribution in [-0.2, 0) is 6.54 Å². The number of benzene rings is 1. The standard InChI is InChI=1S/C21H31N5O.HI/c1-16(20-17(2)24-27-18(20)3)14-23-21(22-4)26-12-10-25(11-13-26)15-19-8-6-5-7-9-19;/h5-9,16H,10-15H2,1-4H3,(H,22,23);1H. The molecular weight excluding hydrogens is 465 g/mol. The highest BCUT2D eigenvalue weighted by molar-refractivity contribution is 14.0. The Morgan fingerprint density at radius 2 is 1.86 bits per heavy atom. The van der Waals surface area contributed by atoms with E-state index in [1.807, 2.05) is 20.9 Å². The van der Waals surface area contributed by atoms with Gasteiger partial charge in [0.25, 0.3) is 0 Å². The van der Waals surface area contributed by atoms with Gasteiger partial charge in [0, 0.05) is 57.8 Å². The largest absolute Gasteiger partial charge is 0.361 e. The molecule has 1 aromatic carbocycles. The molecule has 2 heterocycles. The molecule has 0 radical (unpaired) electrons. The molecule has 3 rings (SSSR count). The lowest BCUT2D eigenvalue weighted by Crippen LogP contribution is -2.52. The van der Waals surface area contributed by atoms with Crippen LogP contribution in [0.25, 0.3) is 0 Å².